The van der Waals surface area contributed by atoms with Crippen molar-refractivity contribution < 1.29 is 0 Å². The van der Waals surface area contributed by atoms with E-state index in [9.17, 15) is 0 Å². The maximum absolute atomic E-state index is 6.36. The molecular weight excluding hydrogens is 342 g/mol. The van der Waals surface area contributed by atoms with E-state index in [-0.39, 0.29) is 0 Å². The summed E-state index contributed by atoms with van der Waals surface area (Å²) >= 11 is 6.36. The van der Waals surface area contributed by atoms with Crippen molar-refractivity contribution in [3.8, 4) is 16.9 Å². The maximum atomic E-state index is 6.36. The van der Waals surface area contributed by atoms with E-state index in [1.165, 1.54) is 21.9 Å². The lowest BCUT2D eigenvalue weighted by Crippen LogP contribution is -2.05. The molecule has 0 saturated heterocycles. The molecule has 1 aliphatic rings. The lowest BCUT2D eigenvalue weighted by Gasteiger charge is -2.10. The van der Waals surface area contributed by atoms with Crippen LogP contribution in [0.5, 0.6) is 0 Å². The predicted molar refractivity (Wildman–Crippen MR) is 108 cm³/mol. The molecule has 0 saturated carbocycles. The van der Waals surface area contributed by atoms with Crippen LogP contribution in [0.1, 0.15) is 11.1 Å². The Morgan fingerprint density at radius 2 is 1.81 bits per heavy atom. The molecule has 0 spiro atoms. The minimum Gasteiger partial charge on any atom is -0.369 e. The van der Waals surface area contributed by atoms with Gasteiger partial charge in [0.1, 0.15) is 5.82 Å². The van der Waals surface area contributed by atoms with Crippen molar-refractivity contribution in [2.24, 2.45) is 0 Å². The SMILES string of the molecule is Cc1c(Cl)cccc1-n1nc(-c2cccc3ccccc23)c2c1NCC2. The van der Waals surface area contributed by atoms with E-state index >= 15 is 0 Å². The van der Waals surface area contributed by atoms with Crippen molar-refractivity contribution in [2.75, 3.05) is 11.9 Å². The highest BCUT2D eigenvalue weighted by Gasteiger charge is 2.25. The standard InChI is InChI=1S/C22H18ClN3/c1-14-19(23)10-5-11-20(14)26-22-18(12-13-24-22)21(25-26)17-9-4-7-15-6-2-3-8-16(15)17/h2-11,24H,12-13H2,1H3. The topological polar surface area (TPSA) is 29.9 Å². The number of nitrogens with one attached hydrogen (secondary N) is 1. The molecule has 4 heteroatoms. The molecule has 2 heterocycles. The molecule has 0 amide bonds. The molecule has 0 atom stereocenters. The summed E-state index contributed by atoms with van der Waals surface area (Å²) in [7, 11) is 0. The van der Waals surface area contributed by atoms with Crippen LogP contribution in [-0.2, 0) is 6.42 Å². The van der Waals surface area contributed by atoms with E-state index in [1.54, 1.807) is 0 Å². The molecular formula is C22H18ClN3. The van der Waals surface area contributed by atoms with Gasteiger partial charge in [0, 0.05) is 22.7 Å². The number of benzene rings is 3. The molecule has 3 aromatic carbocycles. The largest absolute Gasteiger partial charge is 0.369 e. The van der Waals surface area contributed by atoms with Gasteiger partial charge in [-0.2, -0.15) is 5.10 Å². The van der Waals surface area contributed by atoms with Crippen molar-refractivity contribution in [2.45, 2.75) is 13.3 Å². The van der Waals surface area contributed by atoms with Crippen molar-refractivity contribution in [1.29, 1.82) is 0 Å². The summed E-state index contributed by atoms with van der Waals surface area (Å²) in [6.45, 7) is 2.98. The van der Waals surface area contributed by atoms with Gasteiger partial charge in [0.05, 0.1) is 11.4 Å². The molecule has 0 unspecified atom stereocenters. The molecule has 1 aliphatic heterocycles. The van der Waals surface area contributed by atoms with Crippen LogP contribution in [0.3, 0.4) is 0 Å². The summed E-state index contributed by atoms with van der Waals surface area (Å²) in [4.78, 5) is 0. The van der Waals surface area contributed by atoms with Gasteiger partial charge in [0.15, 0.2) is 0 Å². The molecule has 1 aromatic heterocycles. The third-order valence-electron chi connectivity index (χ3n) is 5.16. The van der Waals surface area contributed by atoms with Crippen molar-refractivity contribution >= 4 is 28.2 Å². The summed E-state index contributed by atoms with van der Waals surface area (Å²) in [6.07, 6.45) is 0.980. The second-order valence-corrected chi connectivity index (χ2v) is 7.08. The molecule has 0 fully saturated rings. The van der Waals surface area contributed by atoms with Gasteiger partial charge < -0.3 is 5.32 Å². The Hall–Kier alpha value is -2.78. The number of anilines is 1. The molecule has 4 aromatic rings. The molecule has 26 heavy (non-hydrogen) atoms. The van der Waals surface area contributed by atoms with Gasteiger partial charge in [-0.3, -0.25) is 0 Å². The second-order valence-electron chi connectivity index (χ2n) is 6.68. The first-order valence-electron chi connectivity index (χ1n) is 8.83. The third-order valence-corrected chi connectivity index (χ3v) is 5.57. The van der Waals surface area contributed by atoms with Crippen LogP contribution in [0.4, 0.5) is 5.82 Å². The normalized spacial score (nSPS) is 13.0. The summed E-state index contributed by atoms with van der Waals surface area (Å²) in [5.41, 5.74) is 5.58. The van der Waals surface area contributed by atoms with Crippen LogP contribution in [-0.4, -0.2) is 16.3 Å². The van der Waals surface area contributed by atoms with Gasteiger partial charge >= 0.3 is 0 Å². The van der Waals surface area contributed by atoms with Crippen LogP contribution in [0.2, 0.25) is 5.02 Å². The zero-order chi connectivity index (χ0) is 17.7. The Kier molecular flexibility index (Phi) is 3.50. The van der Waals surface area contributed by atoms with Gasteiger partial charge in [-0.05, 0) is 41.8 Å². The third kappa shape index (κ3) is 2.24. The number of hydrogen-bond donors (Lipinski definition) is 1. The first-order chi connectivity index (χ1) is 12.7. The summed E-state index contributed by atoms with van der Waals surface area (Å²) < 4.78 is 2.01. The minimum absolute atomic E-state index is 0.761. The first-order valence-corrected chi connectivity index (χ1v) is 9.21. The fourth-order valence-corrected chi connectivity index (χ4v) is 3.99. The van der Waals surface area contributed by atoms with E-state index in [4.69, 9.17) is 16.7 Å². The molecule has 128 valence electrons. The number of fused-ring (bicyclic) bond motifs is 2. The van der Waals surface area contributed by atoms with Crippen LogP contribution in [0.15, 0.2) is 60.7 Å². The smallest absolute Gasteiger partial charge is 0.133 e. The van der Waals surface area contributed by atoms with E-state index in [1.807, 2.05) is 23.7 Å². The van der Waals surface area contributed by atoms with E-state index in [0.717, 1.165) is 40.8 Å². The number of rotatable bonds is 2. The van der Waals surface area contributed by atoms with Crippen molar-refractivity contribution in [3.05, 3.63) is 76.8 Å². The van der Waals surface area contributed by atoms with Gasteiger partial charge in [0.2, 0.25) is 0 Å². The van der Waals surface area contributed by atoms with Crippen LogP contribution < -0.4 is 5.32 Å². The fraction of sp³-hybridized carbons (Fsp3) is 0.136. The lowest BCUT2D eigenvalue weighted by molar-refractivity contribution is 0.876. The Balaban J connectivity index is 1.78. The average Bonchev–Trinajstić information content (AvgIpc) is 3.27. The quantitative estimate of drug-likeness (QED) is 0.503. The van der Waals surface area contributed by atoms with Gasteiger partial charge in [0.25, 0.3) is 0 Å². The highest BCUT2D eigenvalue weighted by Crippen LogP contribution is 2.38. The zero-order valence-corrected chi connectivity index (χ0v) is 15.2. The van der Waals surface area contributed by atoms with Crippen LogP contribution in [0.25, 0.3) is 27.7 Å². The monoisotopic (exact) mass is 359 g/mol. The maximum Gasteiger partial charge on any atom is 0.133 e. The summed E-state index contributed by atoms with van der Waals surface area (Å²) in [5.74, 6) is 1.08. The van der Waals surface area contributed by atoms with Gasteiger partial charge in [-0.1, -0.05) is 60.1 Å². The van der Waals surface area contributed by atoms with Crippen molar-refractivity contribution in [3.63, 3.8) is 0 Å². The highest BCUT2D eigenvalue weighted by atomic mass is 35.5. The Bertz CT molecular complexity index is 1140. The average molecular weight is 360 g/mol. The van der Waals surface area contributed by atoms with Crippen LogP contribution >= 0.6 is 11.6 Å². The Morgan fingerprint density at radius 3 is 2.73 bits per heavy atom. The first kappa shape index (κ1) is 15.5. The number of aromatic nitrogens is 2. The Morgan fingerprint density at radius 1 is 1.00 bits per heavy atom. The number of hydrogen-bond acceptors (Lipinski definition) is 2. The Labute approximate surface area is 157 Å². The molecule has 0 radical (unpaired) electrons. The van der Waals surface area contributed by atoms with E-state index < -0.39 is 0 Å². The van der Waals surface area contributed by atoms with Crippen LogP contribution in [0, 0.1) is 6.92 Å². The number of nitrogens with zero attached hydrogens (tertiary/aromatic N) is 2. The number of halogens is 1. The fourth-order valence-electron chi connectivity index (χ4n) is 3.82. The molecule has 5 rings (SSSR count). The zero-order valence-electron chi connectivity index (χ0n) is 14.5. The minimum atomic E-state index is 0.761. The molecule has 0 bridgehead atoms. The summed E-state index contributed by atoms with van der Waals surface area (Å²) in [6, 6.07) is 20.9. The van der Waals surface area contributed by atoms with Gasteiger partial charge in [-0.25, -0.2) is 4.68 Å². The van der Waals surface area contributed by atoms with Gasteiger partial charge in [-0.15, -0.1) is 0 Å². The van der Waals surface area contributed by atoms with E-state index in [0.29, 0.717) is 0 Å². The molecule has 1 N–H and O–H groups in total. The summed E-state index contributed by atoms with van der Waals surface area (Å²) in [5, 5.41) is 11.8. The van der Waals surface area contributed by atoms with Crippen molar-refractivity contribution in [1.82, 2.24) is 9.78 Å². The highest BCUT2D eigenvalue weighted by molar-refractivity contribution is 6.31. The molecule has 0 aliphatic carbocycles. The lowest BCUT2D eigenvalue weighted by atomic mass is 9.99. The predicted octanol–water partition coefficient (Wildman–Crippen LogP) is 5.62. The second kappa shape index (κ2) is 5.89. The molecule has 3 nitrogen and oxygen atoms in total. The van der Waals surface area contributed by atoms with E-state index in [2.05, 4.69) is 53.8 Å².